The molecular formula is C15H16N6O. The fourth-order valence-electron chi connectivity index (χ4n) is 2.62. The van der Waals surface area contributed by atoms with Crippen LogP contribution in [-0.2, 0) is 4.79 Å². The highest BCUT2D eigenvalue weighted by Gasteiger charge is 2.25. The molecule has 0 spiro atoms. The molecule has 0 saturated carbocycles. The molecule has 0 bridgehead atoms. The van der Waals surface area contributed by atoms with Crippen molar-refractivity contribution in [2.24, 2.45) is 0 Å². The van der Waals surface area contributed by atoms with Crippen LogP contribution in [0.4, 0.5) is 11.5 Å². The first-order valence-corrected chi connectivity index (χ1v) is 7.09. The van der Waals surface area contributed by atoms with Crippen LogP contribution >= 0.6 is 0 Å². The molecule has 0 radical (unpaired) electrons. The van der Waals surface area contributed by atoms with Gasteiger partial charge in [0.15, 0.2) is 5.82 Å². The second-order valence-corrected chi connectivity index (χ2v) is 5.26. The average molecular weight is 296 g/mol. The maximum absolute atomic E-state index is 11.0. The molecule has 0 aromatic carbocycles. The van der Waals surface area contributed by atoms with Crippen molar-refractivity contribution in [2.45, 2.75) is 19.4 Å². The molecule has 1 N–H and O–H groups in total. The van der Waals surface area contributed by atoms with Crippen LogP contribution in [-0.4, -0.2) is 33.8 Å². The molecule has 2 aromatic heterocycles. The maximum atomic E-state index is 11.0. The van der Waals surface area contributed by atoms with Crippen LogP contribution in [0.3, 0.4) is 0 Å². The van der Waals surface area contributed by atoms with Crippen LogP contribution in [0.15, 0.2) is 30.6 Å². The summed E-state index contributed by atoms with van der Waals surface area (Å²) in [7, 11) is 0. The van der Waals surface area contributed by atoms with Gasteiger partial charge in [-0.15, -0.1) is 0 Å². The van der Waals surface area contributed by atoms with Crippen LogP contribution < -0.4 is 10.2 Å². The van der Waals surface area contributed by atoms with E-state index in [-0.39, 0.29) is 11.9 Å². The Kier molecular flexibility index (Phi) is 3.74. The third-order valence-corrected chi connectivity index (χ3v) is 3.68. The zero-order valence-corrected chi connectivity index (χ0v) is 12.2. The molecule has 3 heterocycles. The third kappa shape index (κ3) is 2.91. The fourth-order valence-corrected chi connectivity index (χ4v) is 2.62. The maximum Gasteiger partial charge on any atom is 0.222 e. The number of nitrogens with one attached hydrogen (secondary N) is 1. The lowest BCUT2D eigenvalue weighted by molar-refractivity contribution is -0.114. The van der Waals surface area contributed by atoms with Gasteiger partial charge in [0.1, 0.15) is 11.8 Å². The number of nitrogens with zero attached hydrogens (tertiary/aromatic N) is 5. The van der Waals surface area contributed by atoms with Gasteiger partial charge in [0.25, 0.3) is 0 Å². The average Bonchev–Trinajstić information content (AvgIpc) is 3.15. The minimum Gasteiger partial charge on any atom is -0.368 e. The van der Waals surface area contributed by atoms with Gasteiger partial charge in [-0.2, -0.15) is 10.4 Å². The molecule has 1 unspecified atom stereocenters. The van der Waals surface area contributed by atoms with Crippen molar-refractivity contribution in [3.8, 4) is 6.07 Å². The Balaban J connectivity index is 1.67. The summed E-state index contributed by atoms with van der Waals surface area (Å²) in [6.45, 7) is 3.20. The molecule has 1 amide bonds. The highest BCUT2D eigenvalue weighted by atomic mass is 16.1. The van der Waals surface area contributed by atoms with E-state index in [2.05, 4.69) is 20.3 Å². The first-order chi connectivity index (χ1) is 10.7. The lowest BCUT2D eigenvalue weighted by Crippen LogP contribution is -2.21. The van der Waals surface area contributed by atoms with E-state index in [1.165, 1.54) is 6.92 Å². The van der Waals surface area contributed by atoms with Crippen molar-refractivity contribution in [1.29, 1.82) is 5.26 Å². The van der Waals surface area contributed by atoms with E-state index in [0.29, 0.717) is 11.5 Å². The number of anilines is 2. The normalized spacial score (nSPS) is 17.3. The standard InChI is InChI=1S/C15H16N6O/c1-11(22)18-15-5-7-21(19-15)14-4-6-20(10-14)13-3-2-12(8-16)17-9-13/h2-3,5,7,9,14H,4,6,10H2,1H3,(H,18,19,22). The van der Waals surface area contributed by atoms with Crippen molar-refractivity contribution >= 4 is 17.4 Å². The monoisotopic (exact) mass is 296 g/mol. The SMILES string of the molecule is CC(=O)Nc1ccn(C2CCN(c3ccc(C#N)nc3)C2)n1. The Labute approximate surface area is 128 Å². The van der Waals surface area contributed by atoms with Crippen LogP contribution in [0.2, 0.25) is 0 Å². The molecule has 1 atom stereocenters. The van der Waals surface area contributed by atoms with E-state index in [1.54, 1.807) is 18.3 Å². The van der Waals surface area contributed by atoms with Crippen LogP contribution in [0, 0.1) is 11.3 Å². The third-order valence-electron chi connectivity index (χ3n) is 3.68. The molecule has 0 aliphatic carbocycles. The lowest BCUT2D eigenvalue weighted by Gasteiger charge is -2.18. The molecule has 112 valence electrons. The zero-order valence-electron chi connectivity index (χ0n) is 12.2. The van der Waals surface area contributed by atoms with Gasteiger partial charge in [0, 0.05) is 32.3 Å². The Morgan fingerprint density at radius 1 is 1.45 bits per heavy atom. The molecular weight excluding hydrogens is 280 g/mol. The smallest absolute Gasteiger partial charge is 0.222 e. The van der Waals surface area contributed by atoms with Gasteiger partial charge in [-0.3, -0.25) is 9.48 Å². The molecule has 1 aliphatic heterocycles. The summed E-state index contributed by atoms with van der Waals surface area (Å²) in [6, 6.07) is 7.72. The Bertz CT molecular complexity index is 714. The van der Waals surface area contributed by atoms with Crippen molar-refractivity contribution in [3.05, 3.63) is 36.3 Å². The van der Waals surface area contributed by atoms with Gasteiger partial charge in [0.2, 0.25) is 5.91 Å². The number of carbonyl (C=O) groups excluding carboxylic acids is 1. The lowest BCUT2D eigenvalue weighted by atomic mass is 10.3. The van der Waals surface area contributed by atoms with E-state index in [9.17, 15) is 4.79 Å². The first-order valence-electron chi connectivity index (χ1n) is 7.09. The number of hydrogen-bond acceptors (Lipinski definition) is 5. The molecule has 7 nitrogen and oxygen atoms in total. The summed E-state index contributed by atoms with van der Waals surface area (Å²) in [5.41, 5.74) is 1.43. The minimum atomic E-state index is -0.123. The number of hydrogen-bond donors (Lipinski definition) is 1. The van der Waals surface area contributed by atoms with E-state index in [0.717, 1.165) is 25.2 Å². The number of carbonyl (C=O) groups is 1. The van der Waals surface area contributed by atoms with E-state index < -0.39 is 0 Å². The van der Waals surface area contributed by atoms with Crippen molar-refractivity contribution in [2.75, 3.05) is 23.3 Å². The Morgan fingerprint density at radius 2 is 2.32 bits per heavy atom. The molecule has 22 heavy (non-hydrogen) atoms. The fraction of sp³-hybridized carbons (Fsp3) is 0.333. The molecule has 3 rings (SSSR count). The summed E-state index contributed by atoms with van der Waals surface area (Å²) >= 11 is 0. The van der Waals surface area contributed by atoms with Gasteiger partial charge in [-0.1, -0.05) is 0 Å². The number of amides is 1. The van der Waals surface area contributed by atoms with Crippen molar-refractivity contribution in [3.63, 3.8) is 0 Å². The van der Waals surface area contributed by atoms with Crippen molar-refractivity contribution < 1.29 is 4.79 Å². The van der Waals surface area contributed by atoms with Crippen LogP contribution in [0.25, 0.3) is 0 Å². The number of pyridine rings is 1. The van der Waals surface area contributed by atoms with Gasteiger partial charge in [0.05, 0.1) is 17.9 Å². The highest BCUT2D eigenvalue weighted by molar-refractivity contribution is 5.87. The van der Waals surface area contributed by atoms with Gasteiger partial charge in [-0.25, -0.2) is 4.98 Å². The van der Waals surface area contributed by atoms with Gasteiger partial charge in [-0.05, 0) is 18.6 Å². The summed E-state index contributed by atoms with van der Waals surface area (Å²) in [5, 5.41) is 15.8. The number of rotatable bonds is 3. The molecule has 7 heteroatoms. The predicted octanol–water partition coefficient (Wildman–Crippen LogP) is 1.56. The summed E-state index contributed by atoms with van der Waals surface area (Å²) in [4.78, 5) is 17.4. The van der Waals surface area contributed by atoms with Gasteiger partial charge >= 0.3 is 0 Å². The number of aromatic nitrogens is 3. The van der Waals surface area contributed by atoms with Crippen LogP contribution in [0.1, 0.15) is 25.1 Å². The van der Waals surface area contributed by atoms with E-state index in [1.807, 2.05) is 23.0 Å². The molecule has 2 aromatic rings. The highest BCUT2D eigenvalue weighted by Crippen LogP contribution is 2.26. The Morgan fingerprint density at radius 3 is 3.00 bits per heavy atom. The van der Waals surface area contributed by atoms with E-state index in [4.69, 9.17) is 5.26 Å². The molecule has 1 aliphatic rings. The molecule has 1 saturated heterocycles. The second kappa shape index (κ2) is 5.85. The predicted molar refractivity (Wildman–Crippen MR) is 81.3 cm³/mol. The summed E-state index contributed by atoms with van der Waals surface area (Å²) in [6.07, 6.45) is 4.59. The topological polar surface area (TPSA) is 86.8 Å². The number of nitriles is 1. The van der Waals surface area contributed by atoms with Gasteiger partial charge < -0.3 is 10.2 Å². The molecule has 1 fully saturated rings. The van der Waals surface area contributed by atoms with Crippen molar-refractivity contribution in [1.82, 2.24) is 14.8 Å². The Hall–Kier alpha value is -2.88. The quantitative estimate of drug-likeness (QED) is 0.928. The largest absolute Gasteiger partial charge is 0.368 e. The second-order valence-electron chi connectivity index (χ2n) is 5.26. The zero-order chi connectivity index (χ0) is 15.5. The summed E-state index contributed by atoms with van der Waals surface area (Å²) < 4.78 is 1.89. The minimum absolute atomic E-state index is 0.123. The van der Waals surface area contributed by atoms with Crippen LogP contribution in [0.5, 0.6) is 0 Å². The van der Waals surface area contributed by atoms with E-state index >= 15 is 0 Å². The first kappa shape index (κ1) is 14.1. The summed E-state index contributed by atoms with van der Waals surface area (Å²) in [5.74, 6) is 0.452.